The SMILES string of the molecule is COc1cc(C(=O)N2CCNC[C@H]2C)cc2c1OCCO2.Cl. The minimum atomic E-state index is -0.000673. The lowest BCUT2D eigenvalue weighted by Crippen LogP contribution is -2.52. The van der Waals surface area contributed by atoms with Crippen LogP contribution in [0.15, 0.2) is 12.1 Å². The number of nitrogens with one attached hydrogen (secondary N) is 1. The molecule has 122 valence electrons. The molecule has 2 aliphatic heterocycles. The first-order valence-corrected chi connectivity index (χ1v) is 7.20. The standard InChI is InChI=1S/C15H20N2O4.ClH/c1-10-9-16-3-4-17(10)15(18)11-7-12(19-2)14-13(8-11)20-5-6-21-14;/h7-8,10,16H,3-6,9H2,1-2H3;1H/t10-;/m1./s1. The third-order valence-corrected chi connectivity index (χ3v) is 3.84. The lowest BCUT2D eigenvalue weighted by atomic mass is 10.1. The number of piperazine rings is 1. The van der Waals surface area contributed by atoms with E-state index < -0.39 is 0 Å². The third kappa shape index (κ3) is 3.08. The molecular weight excluding hydrogens is 308 g/mol. The van der Waals surface area contributed by atoms with E-state index in [1.54, 1.807) is 19.2 Å². The molecule has 0 radical (unpaired) electrons. The summed E-state index contributed by atoms with van der Waals surface area (Å²) in [5.41, 5.74) is 0.574. The van der Waals surface area contributed by atoms with E-state index in [1.165, 1.54) is 0 Å². The van der Waals surface area contributed by atoms with Gasteiger partial charge in [0.1, 0.15) is 13.2 Å². The molecule has 2 aliphatic rings. The molecule has 6 nitrogen and oxygen atoms in total. The monoisotopic (exact) mass is 328 g/mol. The molecule has 3 rings (SSSR count). The highest BCUT2D eigenvalue weighted by Crippen LogP contribution is 2.40. The largest absolute Gasteiger partial charge is 0.493 e. The Kier molecular flexibility index (Phi) is 5.37. The number of halogens is 1. The van der Waals surface area contributed by atoms with Crippen LogP contribution in [0.1, 0.15) is 17.3 Å². The van der Waals surface area contributed by atoms with Crippen molar-refractivity contribution in [3.63, 3.8) is 0 Å². The number of methoxy groups -OCH3 is 1. The van der Waals surface area contributed by atoms with Crippen molar-refractivity contribution in [3.8, 4) is 17.2 Å². The Morgan fingerprint density at radius 3 is 2.86 bits per heavy atom. The molecule has 1 N–H and O–H groups in total. The van der Waals surface area contributed by atoms with Gasteiger partial charge in [0, 0.05) is 31.2 Å². The molecule has 0 saturated carbocycles. The van der Waals surface area contributed by atoms with Crippen molar-refractivity contribution in [1.29, 1.82) is 0 Å². The van der Waals surface area contributed by atoms with Gasteiger partial charge in [-0.25, -0.2) is 0 Å². The number of fused-ring (bicyclic) bond motifs is 1. The van der Waals surface area contributed by atoms with Crippen molar-refractivity contribution in [3.05, 3.63) is 17.7 Å². The van der Waals surface area contributed by atoms with Crippen LogP contribution in [0.3, 0.4) is 0 Å². The molecule has 7 heteroatoms. The van der Waals surface area contributed by atoms with E-state index in [1.807, 2.05) is 11.8 Å². The topological polar surface area (TPSA) is 60.0 Å². The third-order valence-electron chi connectivity index (χ3n) is 3.84. The number of rotatable bonds is 2. The van der Waals surface area contributed by atoms with Gasteiger partial charge in [0.25, 0.3) is 5.91 Å². The summed E-state index contributed by atoms with van der Waals surface area (Å²) in [5, 5.41) is 3.28. The first kappa shape index (κ1) is 16.7. The fraction of sp³-hybridized carbons (Fsp3) is 0.533. The zero-order valence-corrected chi connectivity index (χ0v) is 13.6. The highest BCUT2D eigenvalue weighted by Gasteiger charge is 2.27. The molecule has 0 unspecified atom stereocenters. The number of benzene rings is 1. The van der Waals surface area contributed by atoms with Gasteiger partial charge in [0.05, 0.1) is 7.11 Å². The van der Waals surface area contributed by atoms with E-state index in [0.717, 1.165) is 13.1 Å². The summed E-state index contributed by atoms with van der Waals surface area (Å²) in [7, 11) is 1.56. The predicted octanol–water partition coefficient (Wildman–Crippen LogP) is 1.32. The van der Waals surface area contributed by atoms with E-state index in [0.29, 0.717) is 42.6 Å². The van der Waals surface area contributed by atoms with Crippen LogP contribution in [0.5, 0.6) is 17.2 Å². The minimum Gasteiger partial charge on any atom is -0.493 e. The van der Waals surface area contributed by atoms with Crippen LogP contribution >= 0.6 is 12.4 Å². The Bertz CT molecular complexity index is 535. The molecule has 1 atom stereocenters. The van der Waals surface area contributed by atoms with Crippen molar-refractivity contribution in [1.82, 2.24) is 10.2 Å². The Labute approximate surface area is 136 Å². The highest BCUT2D eigenvalue weighted by atomic mass is 35.5. The van der Waals surface area contributed by atoms with Crippen molar-refractivity contribution in [2.24, 2.45) is 0 Å². The number of amides is 1. The quantitative estimate of drug-likeness (QED) is 0.887. The number of nitrogens with zero attached hydrogens (tertiary/aromatic N) is 1. The van der Waals surface area contributed by atoms with E-state index in [2.05, 4.69) is 5.32 Å². The Morgan fingerprint density at radius 1 is 1.36 bits per heavy atom. The van der Waals surface area contributed by atoms with E-state index >= 15 is 0 Å². The van der Waals surface area contributed by atoms with Gasteiger partial charge in [-0.05, 0) is 19.1 Å². The van der Waals surface area contributed by atoms with Gasteiger partial charge in [-0.15, -0.1) is 12.4 Å². The van der Waals surface area contributed by atoms with Crippen molar-refractivity contribution >= 4 is 18.3 Å². The van der Waals surface area contributed by atoms with Crippen LogP contribution in [0.25, 0.3) is 0 Å². The normalized spacial score (nSPS) is 20.1. The van der Waals surface area contributed by atoms with Crippen LogP contribution in [0.2, 0.25) is 0 Å². The van der Waals surface area contributed by atoms with Crippen LogP contribution in [-0.2, 0) is 0 Å². The number of hydrogen-bond donors (Lipinski definition) is 1. The summed E-state index contributed by atoms with van der Waals surface area (Å²) in [4.78, 5) is 14.6. The van der Waals surface area contributed by atoms with Crippen LogP contribution < -0.4 is 19.5 Å². The number of carbonyl (C=O) groups is 1. The molecule has 1 saturated heterocycles. The summed E-state index contributed by atoms with van der Waals surface area (Å²) >= 11 is 0. The van der Waals surface area contributed by atoms with Gasteiger partial charge in [0.15, 0.2) is 11.5 Å². The summed E-state index contributed by atoms with van der Waals surface area (Å²) in [6.07, 6.45) is 0. The van der Waals surface area contributed by atoms with Crippen LogP contribution in [0, 0.1) is 0 Å². The molecule has 0 spiro atoms. The lowest BCUT2D eigenvalue weighted by molar-refractivity contribution is 0.0654. The second kappa shape index (κ2) is 7.07. The summed E-state index contributed by atoms with van der Waals surface area (Å²) in [6, 6.07) is 3.64. The maximum Gasteiger partial charge on any atom is 0.254 e. The van der Waals surface area contributed by atoms with E-state index in [9.17, 15) is 4.79 Å². The zero-order chi connectivity index (χ0) is 14.8. The molecule has 0 aromatic heterocycles. The van der Waals surface area contributed by atoms with Gasteiger partial charge in [-0.3, -0.25) is 4.79 Å². The summed E-state index contributed by atoms with van der Waals surface area (Å²) < 4.78 is 16.5. The molecule has 2 heterocycles. The van der Waals surface area contributed by atoms with Crippen LogP contribution in [0.4, 0.5) is 0 Å². The maximum absolute atomic E-state index is 12.7. The second-order valence-electron chi connectivity index (χ2n) is 5.25. The maximum atomic E-state index is 12.7. The average Bonchev–Trinajstić information content (AvgIpc) is 2.53. The first-order valence-electron chi connectivity index (χ1n) is 7.20. The first-order chi connectivity index (χ1) is 10.2. The smallest absolute Gasteiger partial charge is 0.254 e. The molecule has 0 bridgehead atoms. The van der Waals surface area contributed by atoms with Crippen LogP contribution in [-0.4, -0.2) is 56.8 Å². The van der Waals surface area contributed by atoms with Gasteiger partial charge < -0.3 is 24.4 Å². The molecule has 0 aliphatic carbocycles. The van der Waals surface area contributed by atoms with E-state index in [4.69, 9.17) is 14.2 Å². The van der Waals surface area contributed by atoms with Crippen molar-refractivity contribution < 1.29 is 19.0 Å². The molecule has 1 amide bonds. The van der Waals surface area contributed by atoms with Crippen molar-refractivity contribution in [2.45, 2.75) is 13.0 Å². The summed E-state index contributed by atoms with van der Waals surface area (Å²) in [5.74, 6) is 1.69. The second-order valence-corrected chi connectivity index (χ2v) is 5.25. The molecule has 1 fully saturated rings. The van der Waals surface area contributed by atoms with Gasteiger partial charge >= 0.3 is 0 Å². The molecular formula is C15H21ClN2O4. The van der Waals surface area contributed by atoms with E-state index in [-0.39, 0.29) is 24.4 Å². The average molecular weight is 329 g/mol. The molecule has 1 aromatic rings. The number of hydrogen-bond acceptors (Lipinski definition) is 5. The fourth-order valence-corrected chi connectivity index (χ4v) is 2.71. The zero-order valence-electron chi connectivity index (χ0n) is 12.8. The highest BCUT2D eigenvalue weighted by molar-refractivity contribution is 5.96. The Balaban J connectivity index is 0.00000176. The predicted molar refractivity (Wildman–Crippen MR) is 84.6 cm³/mol. The van der Waals surface area contributed by atoms with Gasteiger partial charge in [0.2, 0.25) is 5.75 Å². The lowest BCUT2D eigenvalue weighted by Gasteiger charge is -2.34. The Morgan fingerprint density at radius 2 is 2.14 bits per heavy atom. The number of carbonyl (C=O) groups excluding carboxylic acids is 1. The number of ether oxygens (including phenoxy) is 3. The molecule has 22 heavy (non-hydrogen) atoms. The Hall–Kier alpha value is -1.66. The van der Waals surface area contributed by atoms with Gasteiger partial charge in [-0.1, -0.05) is 0 Å². The molecule has 1 aromatic carbocycles. The summed E-state index contributed by atoms with van der Waals surface area (Å²) in [6.45, 7) is 5.35. The fourth-order valence-electron chi connectivity index (χ4n) is 2.71. The van der Waals surface area contributed by atoms with Gasteiger partial charge in [-0.2, -0.15) is 0 Å². The van der Waals surface area contributed by atoms with Crippen molar-refractivity contribution in [2.75, 3.05) is 40.0 Å². The minimum absolute atomic E-state index is 0.